The average Bonchev–Trinajstić information content (AvgIpc) is 2.87. The largest absolute Gasteiger partial charge is 0.466 e. The summed E-state index contributed by atoms with van der Waals surface area (Å²) in [4.78, 5) is 23.7. The molecular formula is C32H62O4. The van der Waals surface area contributed by atoms with Crippen LogP contribution in [-0.4, -0.2) is 25.2 Å². The molecule has 0 N–H and O–H groups in total. The molecule has 1 unspecified atom stereocenters. The van der Waals surface area contributed by atoms with Gasteiger partial charge in [-0.3, -0.25) is 9.59 Å². The molecule has 0 spiro atoms. The molecular weight excluding hydrogens is 448 g/mol. The second-order valence-electron chi connectivity index (χ2n) is 11.0. The second-order valence-corrected chi connectivity index (χ2v) is 11.0. The molecule has 1 atom stereocenters. The van der Waals surface area contributed by atoms with E-state index in [0.717, 1.165) is 32.1 Å². The normalized spacial score (nSPS) is 12.0. The van der Waals surface area contributed by atoms with Crippen LogP contribution in [0.15, 0.2) is 0 Å². The zero-order chi connectivity index (χ0) is 26.5. The number of esters is 2. The lowest BCUT2D eigenvalue weighted by Gasteiger charge is -2.11. The lowest BCUT2D eigenvalue weighted by Crippen LogP contribution is -2.08. The minimum absolute atomic E-state index is 0.0104. The number of hydrogen-bond donors (Lipinski definition) is 0. The molecule has 0 aromatic carbocycles. The van der Waals surface area contributed by atoms with Crippen molar-refractivity contribution < 1.29 is 19.1 Å². The van der Waals surface area contributed by atoms with Gasteiger partial charge in [-0.05, 0) is 31.6 Å². The molecule has 0 saturated heterocycles. The van der Waals surface area contributed by atoms with Gasteiger partial charge in [0.05, 0.1) is 13.2 Å². The summed E-state index contributed by atoms with van der Waals surface area (Å²) in [5.74, 6) is 0.581. The highest BCUT2D eigenvalue weighted by molar-refractivity contribution is 5.69. The monoisotopic (exact) mass is 510 g/mol. The highest BCUT2D eigenvalue weighted by Crippen LogP contribution is 2.17. The summed E-state index contributed by atoms with van der Waals surface area (Å²) in [6.45, 7) is 7.92. The maximum atomic E-state index is 11.9. The summed E-state index contributed by atoms with van der Waals surface area (Å²) in [7, 11) is 0. The number of rotatable bonds is 28. The maximum absolute atomic E-state index is 11.9. The third-order valence-corrected chi connectivity index (χ3v) is 7.19. The van der Waals surface area contributed by atoms with Crippen LogP contribution in [0.2, 0.25) is 0 Å². The summed E-state index contributed by atoms with van der Waals surface area (Å²) in [5.41, 5.74) is 0. The molecule has 0 aliphatic carbocycles. The number of ether oxygens (including phenoxy) is 2. The van der Waals surface area contributed by atoms with Gasteiger partial charge in [-0.2, -0.15) is 0 Å². The molecule has 0 aliphatic rings. The van der Waals surface area contributed by atoms with Crippen molar-refractivity contribution in [2.75, 3.05) is 13.2 Å². The number of carbonyl (C=O) groups excluding carboxylic acids is 2. The van der Waals surface area contributed by atoms with Gasteiger partial charge >= 0.3 is 11.9 Å². The zero-order valence-corrected chi connectivity index (χ0v) is 24.6. The summed E-state index contributed by atoms with van der Waals surface area (Å²) in [6.07, 6.45) is 27.8. The molecule has 0 heterocycles. The first kappa shape index (κ1) is 34.9. The molecule has 0 saturated carbocycles. The van der Waals surface area contributed by atoms with Gasteiger partial charge in [-0.25, -0.2) is 0 Å². The van der Waals surface area contributed by atoms with Crippen molar-refractivity contribution in [3.05, 3.63) is 0 Å². The van der Waals surface area contributed by atoms with Crippen LogP contribution in [0, 0.1) is 5.92 Å². The average molecular weight is 511 g/mol. The van der Waals surface area contributed by atoms with Crippen LogP contribution < -0.4 is 0 Å². The van der Waals surface area contributed by atoms with Gasteiger partial charge in [0.25, 0.3) is 0 Å². The zero-order valence-electron chi connectivity index (χ0n) is 24.6. The van der Waals surface area contributed by atoms with Crippen molar-refractivity contribution in [3.63, 3.8) is 0 Å². The van der Waals surface area contributed by atoms with Crippen molar-refractivity contribution in [2.24, 2.45) is 5.92 Å². The molecule has 0 fully saturated rings. The first-order valence-corrected chi connectivity index (χ1v) is 15.9. The van der Waals surface area contributed by atoms with E-state index in [9.17, 15) is 9.59 Å². The Balaban J connectivity index is 3.34. The molecule has 0 rings (SSSR count). The molecule has 36 heavy (non-hydrogen) atoms. The predicted octanol–water partition coefficient (Wildman–Crippen LogP) is 10.1. The van der Waals surface area contributed by atoms with Crippen LogP contribution in [0.5, 0.6) is 0 Å². The van der Waals surface area contributed by atoms with Crippen LogP contribution in [0.25, 0.3) is 0 Å². The van der Waals surface area contributed by atoms with E-state index >= 15 is 0 Å². The van der Waals surface area contributed by atoms with Gasteiger partial charge in [0.2, 0.25) is 0 Å². The van der Waals surface area contributed by atoms with Crippen molar-refractivity contribution in [2.45, 2.75) is 175 Å². The van der Waals surface area contributed by atoms with Crippen LogP contribution in [0.1, 0.15) is 175 Å². The number of hydrogen-bond acceptors (Lipinski definition) is 4. The predicted molar refractivity (Wildman–Crippen MR) is 153 cm³/mol. The van der Waals surface area contributed by atoms with Crippen molar-refractivity contribution in [1.29, 1.82) is 0 Å². The van der Waals surface area contributed by atoms with Gasteiger partial charge in [-0.1, -0.05) is 136 Å². The highest BCUT2D eigenvalue weighted by Gasteiger charge is 2.08. The molecule has 0 aliphatic heterocycles. The summed E-state index contributed by atoms with van der Waals surface area (Å²) >= 11 is 0. The van der Waals surface area contributed by atoms with E-state index < -0.39 is 0 Å². The second kappa shape index (κ2) is 28.5. The molecule has 0 amide bonds. The molecule has 0 aromatic rings. The highest BCUT2D eigenvalue weighted by atomic mass is 16.5. The third kappa shape index (κ3) is 27.5. The van der Waals surface area contributed by atoms with E-state index in [1.54, 1.807) is 0 Å². The third-order valence-electron chi connectivity index (χ3n) is 7.19. The maximum Gasteiger partial charge on any atom is 0.305 e. The van der Waals surface area contributed by atoms with Crippen LogP contribution in [0.4, 0.5) is 0 Å². The van der Waals surface area contributed by atoms with Gasteiger partial charge in [0, 0.05) is 12.8 Å². The lowest BCUT2D eigenvalue weighted by molar-refractivity contribution is -0.144. The van der Waals surface area contributed by atoms with Gasteiger partial charge in [-0.15, -0.1) is 0 Å². The topological polar surface area (TPSA) is 52.6 Å². The quantitative estimate of drug-likeness (QED) is 0.0776. The summed E-state index contributed by atoms with van der Waals surface area (Å²) in [5, 5.41) is 0. The molecule has 0 bridgehead atoms. The van der Waals surface area contributed by atoms with E-state index in [0.29, 0.717) is 32.0 Å². The van der Waals surface area contributed by atoms with Crippen LogP contribution >= 0.6 is 0 Å². The Bertz CT molecular complexity index is 477. The SMILES string of the molecule is CCCCCCCCOC(=O)CCCCCCCCCCC(C)CCC(=O)OCCCCCCCC. The van der Waals surface area contributed by atoms with E-state index in [1.165, 1.54) is 109 Å². The Hall–Kier alpha value is -1.06. The molecule has 4 heteroatoms. The van der Waals surface area contributed by atoms with Gasteiger partial charge in [0.15, 0.2) is 0 Å². The standard InChI is InChI=1S/C32H62O4/c1-4-6-8-10-18-22-28-35-31(33)25-21-17-15-13-12-14-16-20-24-30(3)26-27-32(34)36-29-23-19-11-9-7-5-2/h30H,4-29H2,1-3H3. The Labute approximate surface area is 225 Å². The Morgan fingerprint density at radius 1 is 0.472 bits per heavy atom. The number of unbranched alkanes of at least 4 members (excludes halogenated alkanes) is 17. The van der Waals surface area contributed by atoms with Crippen LogP contribution in [-0.2, 0) is 19.1 Å². The molecule has 0 aromatic heterocycles. The van der Waals surface area contributed by atoms with Crippen LogP contribution in [0.3, 0.4) is 0 Å². The summed E-state index contributed by atoms with van der Waals surface area (Å²) < 4.78 is 10.7. The first-order valence-electron chi connectivity index (χ1n) is 15.9. The smallest absolute Gasteiger partial charge is 0.305 e. The minimum Gasteiger partial charge on any atom is -0.466 e. The fourth-order valence-corrected chi connectivity index (χ4v) is 4.61. The molecule has 4 nitrogen and oxygen atoms in total. The van der Waals surface area contributed by atoms with Crippen molar-refractivity contribution >= 4 is 11.9 Å². The van der Waals surface area contributed by atoms with Crippen molar-refractivity contribution in [3.8, 4) is 0 Å². The van der Waals surface area contributed by atoms with E-state index in [1.807, 2.05) is 0 Å². The Morgan fingerprint density at radius 3 is 1.36 bits per heavy atom. The van der Waals surface area contributed by atoms with E-state index in [2.05, 4.69) is 20.8 Å². The van der Waals surface area contributed by atoms with Gasteiger partial charge in [0.1, 0.15) is 0 Å². The molecule has 214 valence electrons. The summed E-state index contributed by atoms with van der Waals surface area (Å²) in [6, 6.07) is 0. The lowest BCUT2D eigenvalue weighted by atomic mass is 9.97. The number of carbonyl (C=O) groups is 2. The fraction of sp³-hybridized carbons (Fsp3) is 0.938. The Morgan fingerprint density at radius 2 is 0.861 bits per heavy atom. The molecule has 0 radical (unpaired) electrons. The van der Waals surface area contributed by atoms with E-state index in [4.69, 9.17) is 9.47 Å². The van der Waals surface area contributed by atoms with E-state index in [-0.39, 0.29) is 11.9 Å². The first-order chi connectivity index (χ1) is 17.6. The minimum atomic E-state index is -0.0125. The Kier molecular flexibility index (Phi) is 27.7. The van der Waals surface area contributed by atoms with Crippen molar-refractivity contribution in [1.82, 2.24) is 0 Å². The fourth-order valence-electron chi connectivity index (χ4n) is 4.61. The van der Waals surface area contributed by atoms with Gasteiger partial charge < -0.3 is 9.47 Å².